The smallest absolute Gasteiger partial charge is 0.262 e. The van der Waals surface area contributed by atoms with Gasteiger partial charge in [0.15, 0.2) is 10.9 Å². The summed E-state index contributed by atoms with van der Waals surface area (Å²) in [5.41, 5.74) is 2.60. The zero-order valence-corrected chi connectivity index (χ0v) is 24.2. The highest BCUT2D eigenvalue weighted by molar-refractivity contribution is 7.98. The lowest BCUT2D eigenvalue weighted by Gasteiger charge is -2.37. The van der Waals surface area contributed by atoms with Gasteiger partial charge >= 0.3 is 0 Å². The van der Waals surface area contributed by atoms with Crippen LogP contribution >= 0.6 is 23.4 Å². The summed E-state index contributed by atoms with van der Waals surface area (Å²) >= 11 is 7.85. The molecule has 0 atom stereocenters. The number of thioether (sulfide) groups is 1. The van der Waals surface area contributed by atoms with Gasteiger partial charge in [-0.1, -0.05) is 59.8 Å². The Morgan fingerprint density at radius 2 is 1.73 bits per heavy atom. The van der Waals surface area contributed by atoms with Gasteiger partial charge in [0.2, 0.25) is 0 Å². The molecule has 1 spiro atoms. The summed E-state index contributed by atoms with van der Waals surface area (Å²) in [4.78, 5) is 34.0. The lowest BCUT2D eigenvalue weighted by molar-refractivity contribution is -0.181. The van der Waals surface area contributed by atoms with Gasteiger partial charge in [-0.15, -0.1) is 0 Å². The Hall–Kier alpha value is -3.37. The van der Waals surface area contributed by atoms with Crippen molar-refractivity contribution in [2.45, 2.75) is 36.1 Å². The van der Waals surface area contributed by atoms with E-state index < -0.39 is 5.79 Å². The number of rotatable bonds is 7. The van der Waals surface area contributed by atoms with Gasteiger partial charge in [-0.25, -0.2) is 4.98 Å². The molecule has 0 saturated carbocycles. The van der Waals surface area contributed by atoms with Gasteiger partial charge in [0.1, 0.15) is 5.75 Å². The van der Waals surface area contributed by atoms with Crippen LogP contribution in [-0.4, -0.2) is 59.6 Å². The van der Waals surface area contributed by atoms with Crippen LogP contribution in [0.5, 0.6) is 5.75 Å². The summed E-state index contributed by atoms with van der Waals surface area (Å²) in [6.07, 6.45) is 1.28. The summed E-state index contributed by atoms with van der Waals surface area (Å²) in [6.45, 7) is 2.57. The first-order chi connectivity index (χ1) is 20.0. The van der Waals surface area contributed by atoms with Crippen LogP contribution in [0.15, 0.2) is 76.7 Å². The molecule has 212 valence electrons. The number of piperidine rings is 1. The number of methoxy groups -OCH3 is 1. The van der Waals surface area contributed by atoms with Crippen LogP contribution < -0.4 is 10.3 Å². The Balaban J connectivity index is 1.33. The Morgan fingerprint density at radius 1 is 1.02 bits per heavy atom. The van der Waals surface area contributed by atoms with E-state index in [0.29, 0.717) is 77.3 Å². The van der Waals surface area contributed by atoms with E-state index in [2.05, 4.69) is 0 Å². The maximum absolute atomic E-state index is 13.9. The second-order valence-corrected chi connectivity index (χ2v) is 11.5. The summed E-state index contributed by atoms with van der Waals surface area (Å²) in [5, 5.41) is 1.64. The molecule has 0 unspecified atom stereocenters. The van der Waals surface area contributed by atoms with Crippen molar-refractivity contribution in [3.63, 3.8) is 0 Å². The highest BCUT2D eigenvalue weighted by Gasteiger charge is 2.40. The molecule has 4 aromatic rings. The molecule has 10 heteroatoms. The van der Waals surface area contributed by atoms with Crippen LogP contribution in [0, 0.1) is 0 Å². The first-order valence-electron chi connectivity index (χ1n) is 13.6. The van der Waals surface area contributed by atoms with Crippen molar-refractivity contribution in [3.8, 4) is 5.75 Å². The quantitative estimate of drug-likeness (QED) is 0.211. The second kappa shape index (κ2) is 11.9. The molecule has 1 amide bonds. The van der Waals surface area contributed by atoms with Crippen molar-refractivity contribution in [3.05, 3.63) is 98.8 Å². The fourth-order valence-corrected chi connectivity index (χ4v) is 6.65. The molecule has 2 saturated heterocycles. The summed E-state index contributed by atoms with van der Waals surface area (Å²) in [6, 6.07) is 20.4. The minimum atomic E-state index is -0.554. The van der Waals surface area contributed by atoms with E-state index in [4.69, 9.17) is 30.8 Å². The molecule has 0 bridgehead atoms. The number of ether oxygens (including phenoxy) is 3. The summed E-state index contributed by atoms with van der Waals surface area (Å²) < 4.78 is 18.8. The molecule has 6 rings (SSSR count). The van der Waals surface area contributed by atoms with Gasteiger partial charge in [0, 0.05) is 47.8 Å². The first kappa shape index (κ1) is 27.8. The fourth-order valence-electron chi connectivity index (χ4n) is 5.36. The average Bonchev–Trinajstić information content (AvgIpc) is 3.46. The van der Waals surface area contributed by atoms with Crippen LogP contribution in [0.25, 0.3) is 10.9 Å². The van der Waals surface area contributed by atoms with Crippen LogP contribution in [0.4, 0.5) is 0 Å². The third-order valence-electron chi connectivity index (χ3n) is 7.63. The van der Waals surface area contributed by atoms with Gasteiger partial charge in [0.05, 0.1) is 37.8 Å². The number of benzene rings is 3. The molecule has 3 heterocycles. The van der Waals surface area contributed by atoms with Crippen LogP contribution in [-0.2, 0) is 21.8 Å². The Kier molecular flexibility index (Phi) is 8.03. The number of carbonyl (C=O) groups is 1. The molecule has 8 nitrogen and oxygen atoms in total. The molecular formula is C31H30ClN3O5S. The number of hydrogen-bond acceptors (Lipinski definition) is 7. The lowest BCUT2D eigenvalue weighted by Crippen LogP contribution is -2.47. The Bertz CT molecular complexity index is 1640. The van der Waals surface area contributed by atoms with Gasteiger partial charge in [-0.3, -0.25) is 14.2 Å². The molecule has 1 aromatic heterocycles. The predicted molar refractivity (Wildman–Crippen MR) is 159 cm³/mol. The molecule has 41 heavy (non-hydrogen) atoms. The molecule has 0 aliphatic carbocycles. The number of para-hydroxylation sites is 1. The Morgan fingerprint density at radius 3 is 2.46 bits per heavy atom. The second-order valence-electron chi connectivity index (χ2n) is 10.1. The van der Waals surface area contributed by atoms with E-state index in [0.717, 1.165) is 11.1 Å². The van der Waals surface area contributed by atoms with Gasteiger partial charge in [-0.2, -0.15) is 0 Å². The number of fused-ring (bicyclic) bond motifs is 1. The van der Waals surface area contributed by atoms with E-state index >= 15 is 0 Å². The number of likely N-dealkylation sites (tertiary alicyclic amines) is 1. The largest absolute Gasteiger partial charge is 0.496 e. The van der Waals surface area contributed by atoms with Crippen molar-refractivity contribution >= 4 is 40.2 Å². The lowest BCUT2D eigenvalue weighted by atomic mass is 10.0. The van der Waals surface area contributed by atoms with Gasteiger partial charge < -0.3 is 19.1 Å². The minimum Gasteiger partial charge on any atom is -0.496 e. The average molecular weight is 592 g/mol. The molecule has 2 aliphatic heterocycles. The number of halogens is 1. The van der Waals surface area contributed by atoms with E-state index in [9.17, 15) is 9.59 Å². The highest BCUT2D eigenvalue weighted by atomic mass is 35.5. The number of hydrogen-bond donors (Lipinski definition) is 0. The molecule has 2 aliphatic rings. The van der Waals surface area contributed by atoms with Crippen LogP contribution in [0.1, 0.15) is 34.3 Å². The third-order valence-corrected chi connectivity index (χ3v) is 9.02. The van der Waals surface area contributed by atoms with Crippen molar-refractivity contribution in [1.82, 2.24) is 14.5 Å². The van der Waals surface area contributed by atoms with Gasteiger partial charge in [0.25, 0.3) is 11.5 Å². The third kappa shape index (κ3) is 5.72. The minimum absolute atomic E-state index is 0.0926. The van der Waals surface area contributed by atoms with E-state index in [1.807, 2.05) is 53.4 Å². The summed E-state index contributed by atoms with van der Waals surface area (Å²) in [7, 11) is 1.61. The van der Waals surface area contributed by atoms with E-state index in [1.54, 1.807) is 29.9 Å². The molecule has 0 N–H and O–H groups in total. The monoisotopic (exact) mass is 591 g/mol. The molecule has 3 aromatic carbocycles. The molecule has 0 radical (unpaired) electrons. The van der Waals surface area contributed by atoms with Crippen molar-refractivity contribution < 1.29 is 19.0 Å². The SMILES string of the molecule is COc1ccccc1Cn1c(SCc2ccccc2Cl)nc2cc(C(=O)N3CCC4(CC3)OCCO4)ccc2c1=O. The Labute approximate surface area is 247 Å². The topological polar surface area (TPSA) is 82.9 Å². The van der Waals surface area contributed by atoms with E-state index in [1.165, 1.54) is 11.8 Å². The fraction of sp³-hybridized carbons (Fsp3) is 0.323. The number of amides is 1. The normalized spacial score (nSPS) is 16.4. The van der Waals surface area contributed by atoms with Crippen molar-refractivity contribution in [2.75, 3.05) is 33.4 Å². The molecular weight excluding hydrogens is 562 g/mol. The molecule has 2 fully saturated rings. The van der Waals surface area contributed by atoms with Gasteiger partial charge in [-0.05, 0) is 35.9 Å². The maximum Gasteiger partial charge on any atom is 0.262 e. The van der Waals surface area contributed by atoms with Crippen molar-refractivity contribution in [1.29, 1.82) is 0 Å². The number of nitrogens with zero attached hydrogens (tertiary/aromatic N) is 3. The van der Waals surface area contributed by atoms with Crippen LogP contribution in [0.3, 0.4) is 0 Å². The zero-order chi connectivity index (χ0) is 28.4. The highest BCUT2D eigenvalue weighted by Crippen LogP contribution is 2.32. The predicted octanol–water partition coefficient (Wildman–Crippen LogP) is 5.38. The van der Waals surface area contributed by atoms with Crippen LogP contribution in [0.2, 0.25) is 5.02 Å². The van der Waals surface area contributed by atoms with Crippen molar-refractivity contribution in [2.24, 2.45) is 0 Å². The number of carbonyl (C=O) groups excluding carboxylic acids is 1. The van der Waals surface area contributed by atoms with E-state index in [-0.39, 0.29) is 18.0 Å². The first-order valence-corrected chi connectivity index (χ1v) is 14.9. The summed E-state index contributed by atoms with van der Waals surface area (Å²) in [5.74, 6) is 0.577. The maximum atomic E-state index is 13.9. The number of aromatic nitrogens is 2. The zero-order valence-electron chi connectivity index (χ0n) is 22.7. The standard InChI is InChI=1S/C31H30ClN3O5S/c1-38-27-9-5-3-6-22(27)19-35-29(37)24-11-10-21(28(36)34-14-12-31(13-15-34)39-16-17-40-31)18-26(24)33-30(35)41-20-23-7-2-4-8-25(23)32/h2-11,18H,12-17,19-20H2,1H3.